The lowest BCUT2D eigenvalue weighted by molar-refractivity contribution is -0.140. The number of hydrogen-bond acceptors (Lipinski definition) is 6. The fourth-order valence-corrected chi connectivity index (χ4v) is 3.90. The van der Waals surface area contributed by atoms with Crippen LogP contribution in [0.2, 0.25) is 0 Å². The van der Waals surface area contributed by atoms with Gasteiger partial charge in [-0.2, -0.15) is 0 Å². The molecule has 1 saturated heterocycles. The second-order valence-electron chi connectivity index (χ2n) is 7.10. The maximum absolute atomic E-state index is 12.7. The number of rotatable bonds is 9. The molecule has 2 aromatic rings. The van der Waals surface area contributed by atoms with Crippen molar-refractivity contribution >= 4 is 28.3 Å². The van der Waals surface area contributed by atoms with Crippen LogP contribution >= 0.6 is 11.3 Å². The minimum absolute atomic E-state index is 0.0368. The van der Waals surface area contributed by atoms with Crippen LogP contribution in [0, 0.1) is 13.8 Å². The highest BCUT2D eigenvalue weighted by atomic mass is 32.1. The smallest absolute Gasteiger partial charge is 0.249 e. The Balaban J connectivity index is 1.55. The zero-order valence-corrected chi connectivity index (χ0v) is 17.7. The zero-order valence-electron chi connectivity index (χ0n) is 16.8. The summed E-state index contributed by atoms with van der Waals surface area (Å²) in [4.78, 5) is 32.1. The van der Waals surface area contributed by atoms with Gasteiger partial charge in [-0.1, -0.05) is 30.3 Å². The van der Waals surface area contributed by atoms with Crippen LogP contribution in [0.25, 0.3) is 0 Å². The Morgan fingerprint density at radius 3 is 2.76 bits per heavy atom. The molecular formula is C21H27N3O4S. The van der Waals surface area contributed by atoms with Crippen molar-refractivity contribution in [2.24, 2.45) is 0 Å². The first kappa shape index (κ1) is 21.4. The summed E-state index contributed by atoms with van der Waals surface area (Å²) in [6.07, 6.45) is 1.83. The SMILES string of the molecule is Cc1nc(NC(=O)CN(CC2CCCO2)C(=O)COCc2ccccc2)sc1C. The molecule has 0 spiro atoms. The van der Waals surface area contributed by atoms with Crippen molar-refractivity contribution in [1.82, 2.24) is 9.88 Å². The first-order chi connectivity index (χ1) is 14.0. The summed E-state index contributed by atoms with van der Waals surface area (Å²) in [5, 5.41) is 3.34. The second-order valence-corrected chi connectivity index (χ2v) is 8.30. The van der Waals surface area contributed by atoms with Crippen molar-refractivity contribution in [2.75, 3.05) is 31.6 Å². The molecule has 156 valence electrons. The van der Waals surface area contributed by atoms with Crippen LogP contribution < -0.4 is 5.32 Å². The lowest BCUT2D eigenvalue weighted by Gasteiger charge is -2.24. The number of hydrogen-bond donors (Lipinski definition) is 1. The van der Waals surface area contributed by atoms with Gasteiger partial charge in [-0.15, -0.1) is 11.3 Å². The quantitative estimate of drug-likeness (QED) is 0.679. The molecule has 1 aromatic heterocycles. The fraction of sp³-hybridized carbons (Fsp3) is 0.476. The summed E-state index contributed by atoms with van der Waals surface area (Å²) in [5.74, 6) is -0.494. The Labute approximate surface area is 175 Å². The average molecular weight is 418 g/mol. The van der Waals surface area contributed by atoms with E-state index in [9.17, 15) is 9.59 Å². The molecule has 2 heterocycles. The predicted octanol–water partition coefficient (Wildman–Crippen LogP) is 2.92. The van der Waals surface area contributed by atoms with E-state index in [1.54, 1.807) is 0 Å². The fourth-order valence-electron chi connectivity index (χ4n) is 3.07. The van der Waals surface area contributed by atoms with Crippen molar-refractivity contribution in [3.63, 3.8) is 0 Å². The highest BCUT2D eigenvalue weighted by Gasteiger charge is 2.25. The number of ether oxygens (including phenoxy) is 2. The van der Waals surface area contributed by atoms with Gasteiger partial charge in [0, 0.05) is 18.0 Å². The molecule has 1 unspecified atom stereocenters. The first-order valence-electron chi connectivity index (χ1n) is 9.76. The number of carbonyl (C=O) groups is 2. The molecule has 29 heavy (non-hydrogen) atoms. The van der Waals surface area contributed by atoms with Gasteiger partial charge in [-0.3, -0.25) is 9.59 Å². The second kappa shape index (κ2) is 10.5. The van der Waals surface area contributed by atoms with E-state index in [1.165, 1.54) is 16.2 Å². The number of nitrogens with one attached hydrogen (secondary N) is 1. The Morgan fingerprint density at radius 2 is 2.10 bits per heavy atom. The molecule has 1 N–H and O–H groups in total. The largest absolute Gasteiger partial charge is 0.376 e. The van der Waals surface area contributed by atoms with Crippen LogP contribution in [0.3, 0.4) is 0 Å². The normalized spacial score (nSPS) is 16.0. The number of anilines is 1. The molecule has 0 aliphatic carbocycles. The van der Waals surface area contributed by atoms with Crippen molar-refractivity contribution in [1.29, 1.82) is 0 Å². The molecule has 1 aliphatic heterocycles. The van der Waals surface area contributed by atoms with E-state index < -0.39 is 0 Å². The van der Waals surface area contributed by atoms with Gasteiger partial charge in [-0.05, 0) is 32.3 Å². The maximum Gasteiger partial charge on any atom is 0.249 e. The standard InChI is InChI=1S/C21H27N3O4S/c1-15-16(2)29-21(22-15)23-19(25)12-24(11-18-9-6-10-28-18)20(26)14-27-13-17-7-4-3-5-8-17/h3-5,7-8,18H,6,9-14H2,1-2H3,(H,22,23,25). The Kier molecular flexibility index (Phi) is 7.74. The molecule has 3 rings (SSSR count). The number of nitrogens with zero attached hydrogens (tertiary/aromatic N) is 2. The maximum atomic E-state index is 12.7. The number of amides is 2. The van der Waals surface area contributed by atoms with Gasteiger partial charge >= 0.3 is 0 Å². The lowest BCUT2D eigenvalue weighted by atomic mass is 10.2. The lowest BCUT2D eigenvalue weighted by Crippen LogP contribution is -2.43. The van der Waals surface area contributed by atoms with Crippen LogP contribution in [-0.2, 0) is 25.7 Å². The van der Waals surface area contributed by atoms with E-state index in [0.717, 1.165) is 29.0 Å². The van der Waals surface area contributed by atoms with Crippen molar-refractivity contribution in [2.45, 2.75) is 39.4 Å². The molecule has 1 fully saturated rings. The number of aryl methyl sites for hydroxylation is 2. The molecule has 0 bridgehead atoms. The van der Waals surface area contributed by atoms with E-state index in [1.807, 2.05) is 44.2 Å². The number of thiazole rings is 1. The highest BCUT2D eigenvalue weighted by molar-refractivity contribution is 7.15. The molecule has 8 heteroatoms. The highest BCUT2D eigenvalue weighted by Crippen LogP contribution is 2.21. The molecular weight excluding hydrogens is 390 g/mol. The van der Waals surface area contributed by atoms with Gasteiger partial charge in [0.25, 0.3) is 0 Å². The van der Waals surface area contributed by atoms with Gasteiger partial charge < -0.3 is 19.7 Å². The van der Waals surface area contributed by atoms with E-state index in [2.05, 4.69) is 10.3 Å². The molecule has 1 atom stereocenters. The third-order valence-electron chi connectivity index (χ3n) is 4.75. The molecule has 0 radical (unpaired) electrons. The van der Waals surface area contributed by atoms with Crippen molar-refractivity contribution in [3.8, 4) is 0 Å². The molecule has 7 nitrogen and oxygen atoms in total. The predicted molar refractivity (Wildman–Crippen MR) is 112 cm³/mol. The first-order valence-corrected chi connectivity index (χ1v) is 10.6. The van der Waals surface area contributed by atoms with Gasteiger partial charge in [0.15, 0.2) is 5.13 Å². The summed E-state index contributed by atoms with van der Waals surface area (Å²) < 4.78 is 11.2. The van der Waals surface area contributed by atoms with Crippen LogP contribution in [0.5, 0.6) is 0 Å². The molecule has 1 aliphatic rings. The minimum atomic E-state index is -0.270. The average Bonchev–Trinajstić information content (AvgIpc) is 3.31. The van der Waals surface area contributed by atoms with Gasteiger partial charge in [0.05, 0.1) is 18.4 Å². The minimum Gasteiger partial charge on any atom is -0.376 e. The van der Waals surface area contributed by atoms with Crippen LogP contribution in [-0.4, -0.2) is 54.1 Å². The van der Waals surface area contributed by atoms with Gasteiger partial charge in [0.2, 0.25) is 11.8 Å². The monoisotopic (exact) mass is 417 g/mol. The third kappa shape index (κ3) is 6.62. The van der Waals surface area contributed by atoms with Crippen molar-refractivity contribution < 1.29 is 19.1 Å². The van der Waals surface area contributed by atoms with Gasteiger partial charge in [0.1, 0.15) is 13.2 Å². The molecule has 2 amide bonds. The zero-order chi connectivity index (χ0) is 20.6. The summed E-state index contributed by atoms with van der Waals surface area (Å²) in [6.45, 7) is 5.16. The summed E-state index contributed by atoms with van der Waals surface area (Å²) >= 11 is 1.43. The van der Waals surface area contributed by atoms with Gasteiger partial charge in [-0.25, -0.2) is 4.98 Å². The van der Waals surface area contributed by atoms with E-state index in [0.29, 0.717) is 24.9 Å². The topological polar surface area (TPSA) is 80.8 Å². The Morgan fingerprint density at radius 1 is 1.31 bits per heavy atom. The number of benzene rings is 1. The summed E-state index contributed by atoms with van der Waals surface area (Å²) in [5.41, 5.74) is 1.89. The summed E-state index contributed by atoms with van der Waals surface area (Å²) in [6, 6.07) is 9.68. The van der Waals surface area contributed by atoms with Crippen LogP contribution in [0.1, 0.15) is 29.0 Å². The Bertz CT molecular complexity index is 799. The molecule has 1 aromatic carbocycles. The van der Waals surface area contributed by atoms with Crippen molar-refractivity contribution in [3.05, 3.63) is 46.5 Å². The van der Waals surface area contributed by atoms with Crippen LogP contribution in [0.15, 0.2) is 30.3 Å². The summed E-state index contributed by atoms with van der Waals surface area (Å²) in [7, 11) is 0. The van der Waals surface area contributed by atoms with E-state index in [-0.39, 0.29) is 31.1 Å². The number of aromatic nitrogens is 1. The van der Waals surface area contributed by atoms with Crippen LogP contribution in [0.4, 0.5) is 5.13 Å². The van der Waals surface area contributed by atoms with E-state index >= 15 is 0 Å². The molecule has 0 saturated carbocycles. The van der Waals surface area contributed by atoms with E-state index in [4.69, 9.17) is 9.47 Å². The Hall–Kier alpha value is -2.29. The third-order valence-corrected chi connectivity index (χ3v) is 5.74. The number of carbonyl (C=O) groups excluding carboxylic acids is 2.